The summed E-state index contributed by atoms with van der Waals surface area (Å²) in [6, 6.07) is 9.22. The Morgan fingerprint density at radius 2 is 2.06 bits per heavy atom. The molecule has 1 N–H and O–H groups in total. The lowest BCUT2D eigenvalue weighted by Gasteiger charge is -2.09. The minimum atomic E-state index is 0.601. The average molecular weight is 332 g/mol. The van der Waals surface area contributed by atoms with Crippen LogP contribution >= 0.6 is 39.1 Å². The summed E-state index contributed by atoms with van der Waals surface area (Å²) in [4.78, 5) is 4.13. The van der Waals surface area contributed by atoms with Crippen molar-refractivity contribution in [2.24, 2.45) is 0 Å². The van der Waals surface area contributed by atoms with Crippen LogP contribution in [0.3, 0.4) is 0 Å². The molecule has 0 aliphatic heterocycles. The highest BCUT2D eigenvalue weighted by atomic mass is 79.9. The molecule has 0 fully saturated rings. The minimum absolute atomic E-state index is 0.601. The normalized spacial score (nSPS) is 10.3. The SMILES string of the molecule is Clc1ccc(Cl)c(CNc2cccnc2Br)c1. The maximum Gasteiger partial charge on any atom is 0.129 e. The van der Waals surface area contributed by atoms with Gasteiger partial charge in [-0.3, -0.25) is 0 Å². The quantitative estimate of drug-likeness (QED) is 0.820. The molecule has 1 aromatic carbocycles. The third-order valence-corrected chi connectivity index (χ3v) is 3.47. The molecular formula is C12H9BrCl2N2. The molecule has 17 heavy (non-hydrogen) atoms. The summed E-state index contributed by atoms with van der Waals surface area (Å²) in [5.41, 5.74) is 1.87. The van der Waals surface area contributed by atoms with Crippen LogP contribution in [-0.2, 0) is 6.54 Å². The molecule has 5 heteroatoms. The smallest absolute Gasteiger partial charge is 0.129 e. The predicted octanol–water partition coefficient (Wildman–Crippen LogP) is 4.76. The van der Waals surface area contributed by atoms with Gasteiger partial charge in [0, 0.05) is 22.8 Å². The van der Waals surface area contributed by atoms with E-state index in [0.29, 0.717) is 16.6 Å². The van der Waals surface area contributed by atoms with Gasteiger partial charge in [-0.25, -0.2) is 4.98 Å². The molecule has 0 aliphatic rings. The van der Waals surface area contributed by atoms with Crippen LogP contribution in [0.25, 0.3) is 0 Å². The number of halogens is 3. The molecule has 0 aliphatic carbocycles. The standard InChI is InChI=1S/C12H9BrCl2N2/c13-12-11(2-1-5-16-12)17-7-8-6-9(14)3-4-10(8)15/h1-6,17H,7H2. The van der Waals surface area contributed by atoms with Crippen LogP contribution in [0, 0.1) is 0 Å². The van der Waals surface area contributed by atoms with Crippen LogP contribution in [0.5, 0.6) is 0 Å². The molecule has 1 aromatic heterocycles. The zero-order valence-electron chi connectivity index (χ0n) is 8.75. The third-order valence-electron chi connectivity index (χ3n) is 2.24. The van der Waals surface area contributed by atoms with Crippen LogP contribution in [0.15, 0.2) is 41.1 Å². The zero-order chi connectivity index (χ0) is 12.3. The number of nitrogens with zero attached hydrogens (tertiary/aromatic N) is 1. The van der Waals surface area contributed by atoms with Crippen molar-refractivity contribution in [3.8, 4) is 0 Å². The van der Waals surface area contributed by atoms with Gasteiger partial charge in [-0.05, 0) is 51.8 Å². The molecule has 0 bridgehead atoms. The Morgan fingerprint density at radius 1 is 1.24 bits per heavy atom. The van der Waals surface area contributed by atoms with Gasteiger partial charge in [0.15, 0.2) is 0 Å². The molecule has 1 heterocycles. The third kappa shape index (κ3) is 3.35. The number of hydrogen-bond donors (Lipinski definition) is 1. The van der Waals surface area contributed by atoms with E-state index in [1.54, 1.807) is 18.3 Å². The number of rotatable bonds is 3. The number of anilines is 1. The van der Waals surface area contributed by atoms with Crippen molar-refractivity contribution in [2.75, 3.05) is 5.32 Å². The molecule has 0 amide bonds. The lowest BCUT2D eigenvalue weighted by Crippen LogP contribution is -2.01. The molecule has 88 valence electrons. The summed E-state index contributed by atoms with van der Waals surface area (Å²) >= 11 is 15.4. The Morgan fingerprint density at radius 3 is 2.82 bits per heavy atom. The summed E-state index contributed by atoms with van der Waals surface area (Å²) < 4.78 is 0.776. The Bertz CT molecular complexity index is 532. The van der Waals surface area contributed by atoms with Crippen LogP contribution in [-0.4, -0.2) is 4.98 Å². The van der Waals surface area contributed by atoms with Gasteiger partial charge >= 0.3 is 0 Å². The molecule has 2 rings (SSSR count). The first-order valence-corrected chi connectivity index (χ1v) is 6.50. The first-order valence-electron chi connectivity index (χ1n) is 4.95. The van der Waals surface area contributed by atoms with E-state index in [9.17, 15) is 0 Å². The van der Waals surface area contributed by atoms with Crippen LogP contribution in [0.1, 0.15) is 5.56 Å². The van der Waals surface area contributed by atoms with Crippen LogP contribution in [0.4, 0.5) is 5.69 Å². The Labute approximate surface area is 118 Å². The van der Waals surface area contributed by atoms with Crippen molar-refractivity contribution < 1.29 is 0 Å². The lowest BCUT2D eigenvalue weighted by atomic mass is 10.2. The van der Waals surface area contributed by atoms with Crippen molar-refractivity contribution in [1.29, 1.82) is 0 Å². The summed E-state index contributed by atoms with van der Waals surface area (Å²) in [6.45, 7) is 0.601. The van der Waals surface area contributed by atoms with Crippen molar-refractivity contribution in [3.63, 3.8) is 0 Å². The first-order chi connectivity index (χ1) is 8.16. The van der Waals surface area contributed by atoms with Gasteiger partial charge in [-0.2, -0.15) is 0 Å². The van der Waals surface area contributed by atoms with E-state index in [2.05, 4.69) is 26.2 Å². The van der Waals surface area contributed by atoms with Gasteiger partial charge in [0.1, 0.15) is 4.60 Å². The van der Waals surface area contributed by atoms with E-state index in [1.165, 1.54) is 0 Å². The largest absolute Gasteiger partial charge is 0.379 e. The molecule has 0 unspecified atom stereocenters. The zero-order valence-corrected chi connectivity index (χ0v) is 11.9. The lowest BCUT2D eigenvalue weighted by molar-refractivity contribution is 1.13. The molecule has 0 spiro atoms. The fourth-order valence-corrected chi connectivity index (χ4v) is 2.16. The molecule has 2 aromatic rings. The van der Waals surface area contributed by atoms with Gasteiger partial charge in [0.2, 0.25) is 0 Å². The van der Waals surface area contributed by atoms with E-state index in [1.807, 2.05) is 18.2 Å². The topological polar surface area (TPSA) is 24.9 Å². The van der Waals surface area contributed by atoms with E-state index in [4.69, 9.17) is 23.2 Å². The van der Waals surface area contributed by atoms with Gasteiger partial charge < -0.3 is 5.32 Å². The summed E-state index contributed by atoms with van der Waals surface area (Å²) in [5, 5.41) is 4.62. The van der Waals surface area contributed by atoms with Crippen LogP contribution in [0.2, 0.25) is 10.0 Å². The number of benzene rings is 1. The maximum absolute atomic E-state index is 6.08. The Hall–Kier alpha value is -0.770. The van der Waals surface area contributed by atoms with Crippen molar-refractivity contribution >= 4 is 44.8 Å². The molecule has 0 saturated heterocycles. The molecule has 2 nitrogen and oxygen atoms in total. The summed E-state index contributed by atoms with van der Waals surface area (Å²) in [5.74, 6) is 0. The highest BCUT2D eigenvalue weighted by Gasteiger charge is 2.03. The molecular weight excluding hydrogens is 323 g/mol. The molecule has 0 radical (unpaired) electrons. The van der Waals surface area contributed by atoms with Crippen molar-refractivity contribution in [2.45, 2.75) is 6.54 Å². The van der Waals surface area contributed by atoms with E-state index < -0.39 is 0 Å². The second kappa shape index (κ2) is 5.71. The average Bonchev–Trinajstić information content (AvgIpc) is 2.32. The predicted molar refractivity (Wildman–Crippen MR) is 75.7 cm³/mol. The number of nitrogens with one attached hydrogen (secondary N) is 1. The highest BCUT2D eigenvalue weighted by Crippen LogP contribution is 2.23. The van der Waals surface area contributed by atoms with Gasteiger partial charge in [-0.1, -0.05) is 23.2 Å². The maximum atomic E-state index is 6.08. The molecule has 0 atom stereocenters. The van der Waals surface area contributed by atoms with E-state index in [-0.39, 0.29) is 0 Å². The Kier molecular flexibility index (Phi) is 4.26. The van der Waals surface area contributed by atoms with Crippen molar-refractivity contribution in [1.82, 2.24) is 4.98 Å². The Balaban J connectivity index is 2.12. The summed E-state index contributed by atoms with van der Waals surface area (Å²) in [7, 11) is 0. The first kappa shape index (κ1) is 12.7. The van der Waals surface area contributed by atoms with Gasteiger partial charge in [-0.15, -0.1) is 0 Å². The number of pyridine rings is 1. The fraction of sp³-hybridized carbons (Fsp3) is 0.0833. The van der Waals surface area contributed by atoms with Gasteiger partial charge in [0.25, 0.3) is 0 Å². The second-order valence-electron chi connectivity index (χ2n) is 3.43. The van der Waals surface area contributed by atoms with E-state index in [0.717, 1.165) is 15.9 Å². The minimum Gasteiger partial charge on any atom is -0.379 e. The second-order valence-corrected chi connectivity index (χ2v) is 5.03. The fourth-order valence-electron chi connectivity index (χ4n) is 1.39. The monoisotopic (exact) mass is 330 g/mol. The summed E-state index contributed by atoms with van der Waals surface area (Å²) in [6.07, 6.45) is 1.72. The highest BCUT2D eigenvalue weighted by molar-refractivity contribution is 9.10. The van der Waals surface area contributed by atoms with Gasteiger partial charge in [0.05, 0.1) is 5.69 Å². The molecule has 0 saturated carbocycles. The van der Waals surface area contributed by atoms with Crippen LogP contribution < -0.4 is 5.32 Å². The number of hydrogen-bond acceptors (Lipinski definition) is 2. The van der Waals surface area contributed by atoms with E-state index >= 15 is 0 Å². The van der Waals surface area contributed by atoms with Crippen molar-refractivity contribution in [3.05, 3.63) is 56.7 Å². The number of aromatic nitrogens is 1.